The number of carbonyl (C=O) groups is 2. The Morgan fingerprint density at radius 1 is 1.00 bits per heavy atom. The van der Waals surface area contributed by atoms with Crippen molar-refractivity contribution in [2.24, 2.45) is 0 Å². The highest BCUT2D eigenvalue weighted by Gasteiger charge is 2.39. The number of carbonyl (C=O) groups excluding carboxylic acids is 2. The van der Waals surface area contributed by atoms with Crippen LogP contribution in [0.5, 0.6) is 5.75 Å². The summed E-state index contributed by atoms with van der Waals surface area (Å²) in [5, 5.41) is 0. The van der Waals surface area contributed by atoms with E-state index in [1.54, 1.807) is 49.6 Å². The Morgan fingerprint density at radius 3 is 2.10 bits per heavy atom. The van der Waals surface area contributed by atoms with Crippen molar-refractivity contribution in [2.75, 3.05) is 7.11 Å². The van der Waals surface area contributed by atoms with Crippen LogP contribution in [-0.4, -0.2) is 18.7 Å². The molecular weight excluding hydrogens is 320 g/mol. The molecular formula is C16H11BrO3. The lowest BCUT2D eigenvalue weighted by Gasteiger charge is -2.10. The molecule has 2 aromatic rings. The average Bonchev–Trinajstić information content (AvgIpc) is 2.71. The van der Waals surface area contributed by atoms with Crippen molar-refractivity contribution in [1.82, 2.24) is 0 Å². The third kappa shape index (κ3) is 1.88. The summed E-state index contributed by atoms with van der Waals surface area (Å²) < 4.78 is 5.89. The van der Waals surface area contributed by atoms with Gasteiger partial charge < -0.3 is 4.74 Å². The monoisotopic (exact) mass is 330 g/mol. The number of benzene rings is 2. The van der Waals surface area contributed by atoms with Crippen molar-refractivity contribution in [3.63, 3.8) is 0 Å². The van der Waals surface area contributed by atoms with Crippen molar-refractivity contribution in [2.45, 2.75) is 5.92 Å². The zero-order valence-corrected chi connectivity index (χ0v) is 12.3. The van der Waals surface area contributed by atoms with E-state index >= 15 is 0 Å². The summed E-state index contributed by atoms with van der Waals surface area (Å²) in [5.74, 6) is -0.343. The first-order valence-corrected chi connectivity index (χ1v) is 6.93. The third-order valence-electron chi connectivity index (χ3n) is 3.49. The predicted molar refractivity (Wildman–Crippen MR) is 78.5 cm³/mol. The third-order valence-corrected chi connectivity index (χ3v) is 4.11. The van der Waals surface area contributed by atoms with Gasteiger partial charge >= 0.3 is 0 Å². The van der Waals surface area contributed by atoms with Crippen LogP contribution in [0, 0.1) is 0 Å². The Hall–Kier alpha value is -1.94. The standard InChI is InChI=1S/C16H11BrO3/c1-20-13-7-6-9(8-12(13)17)14-15(18)10-4-2-3-5-11(10)16(14)19/h2-8,14H,1H3. The number of rotatable bonds is 2. The molecule has 0 bridgehead atoms. The number of fused-ring (bicyclic) bond motifs is 1. The number of Topliss-reactive ketones (excluding diaryl/α,β-unsaturated/α-hetero) is 2. The Labute approximate surface area is 124 Å². The zero-order valence-electron chi connectivity index (χ0n) is 10.7. The number of ketones is 2. The minimum absolute atomic E-state index is 0.136. The smallest absolute Gasteiger partial charge is 0.178 e. The van der Waals surface area contributed by atoms with Crippen LogP contribution in [0.4, 0.5) is 0 Å². The van der Waals surface area contributed by atoms with Gasteiger partial charge in [0.25, 0.3) is 0 Å². The molecule has 3 rings (SSSR count). The Balaban J connectivity index is 2.07. The quantitative estimate of drug-likeness (QED) is 0.790. The number of hydrogen-bond donors (Lipinski definition) is 0. The van der Waals surface area contributed by atoms with Crippen molar-refractivity contribution < 1.29 is 14.3 Å². The topological polar surface area (TPSA) is 43.4 Å². The van der Waals surface area contributed by atoms with Crippen LogP contribution in [0.1, 0.15) is 32.2 Å². The highest BCUT2D eigenvalue weighted by atomic mass is 79.9. The Morgan fingerprint density at radius 2 is 1.60 bits per heavy atom. The van der Waals surface area contributed by atoms with E-state index in [9.17, 15) is 9.59 Å². The molecule has 1 aliphatic carbocycles. The molecule has 0 heterocycles. The van der Waals surface area contributed by atoms with Crippen LogP contribution in [-0.2, 0) is 0 Å². The first-order chi connectivity index (χ1) is 9.63. The maximum Gasteiger partial charge on any atom is 0.178 e. The minimum atomic E-state index is -0.741. The largest absolute Gasteiger partial charge is 0.496 e. The summed E-state index contributed by atoms with van der Waals surface area (Å²) in [6.07, 6.45) is 0. The molecule has 0 spiro atoms. The van der Waals surface area contributed by atoms with Gasteiger partial charge in [-0.05, 0) is 33.6 Å². The van der Waals surface area contributed by atoms with Crippen molar-refractivity contribution >= 4 is 27.5 Å². The molecule has 2 aromatic carbocycles. The maximum atomic E-state index is 12.4. The molecule has 0 atom stereocenters. The second kappa shape index (κ2) is 4.87. The van der Waals surface area contributed by atoms with Crippen LogP contribution in [0.25, 0.3) is 0 Å². The van der Waals surface area contributed by atoms with Gasteiger partial charge in [0, 0.05) is 11.1 Å². The lowest BCUT2D eigenvalue weighted by Crippen LogP contribution is -2.12. The van der Waals surface area contributed by atoms with E-state index in [0.29, 0.717) is 22.4 Å². The van der Waals surface area contributed by atoms with Gasteiger partial charge in [-0.1, -0.05) is 30.3 Å². The fourth-order valence-corrected chi connectivity index (χ4v) is 3.07. The van der Waals surface area contributed by atoms with Gasteiger partial charge in [0.15, 0.2) is 11.6 Å². The van der Waals surface area contributed by atoms with E-state index < -0.39 is 5.92 Å². The van der Waals surface area contributed by atoms with Crippen LogP contribution in [0.2, 0.25) is 0 Å². The fraction of sp³-hybridized carbons (Fsp3) is 0.125. The summed E-state index contributed by atoms with van der Waals surface area (Å²) >= 11 is 3.38. The second-order valence-electron chi connectivity index (χ2n) is 4.60. The van der Waals surface area contributed by atoms with E-state index in [2.05, 4.69) is 15.9 Å². The summed E-state index contributed by atoms with van der Waals surface area (Å²) in [5.41, 5.74) is 1.70. The van der Waals surface area contributed by atoms with Gasteiger partial charge in [-0.25, -0.2) is 0 Å². The molecule has 0 amide bonds. The summed E-state index contributed by atoms with van der Waals surface area (Å²) in [6, 6.07) is 12.2. The lowest BCUT2D eigenvalue weighted by atomic mass is 9.94. The van der Waals surface area contributed by atoms with Gasteiger partial charge in [0.05, 0.1) is 11.6 Å². The van der Waals surface area contributed by atoms with Crippen LogP contribution in [0.3, 0.4) is 0 Å². The molecule has 20 heavy (non-hydrogen) atoms. The van der Waals surface area contributed by atoms with E-state index in [4.69, 9.17) is 4.74 Å². The zero-order chi connectivity index (χ0) is 14.3. The van der Waals surface area contributed by atoms with E-state index in [0.717, 1.165) is 4.47 Å². The molecule has 0 N–H and O–H groups in total. The normalized spacial score (nSPS) is 14.5. The first kappa shape index (κ1) is 13.1. The molecule has 0 aromatic heterocycles. The van der Waals surface area contributed by atoms with Crippen LogP contribution < -0.4 is 4.74 Å². The van der Waals surface area contributed by atoms with Crippen LogP contribution >= 0.6 is 15.9 Å². The molecule has 3 nitrogen and oxygen atoms in total. The highest BCUT2D eigenvalue weighted by Crippen LogP contribution is 2.36. The number of hydrogen-bond acceptors (Lipinski definition) is 3. The summed E-state index contributed by atoms with van der Waals surface area (Å²) in [7, 11) is 1.57. The van der Waals surface area contributed by atoms with E-state index in [1.807, 2.05) is 0 Å². The summed E-state index contributed by atoms with van der Waals surface area (Å²) in [4.78, 5) is 24.8. The molecule has 1 aliphatic rings. The second-order valence-corrected chi connectivity index (χ2v) is 5.46. The van der Waals surface area contributed by atoms with E-state index in [-0.39, 0.29) is 11.6 Å². The molecule has 100 valence electrons. The molecule has 0 radical (unpaired) electrons. The van der Waals surface area contributed by atoms with Gasteiger partial charge in [0.1, 0.15) is 11.7 Å². The molecule has 4 heteroatoms. The maximum absolute atomic E-state index is 12.4. The van der Waals surface area contributed by atoms with Gasteiger partial charge in [0.2, 0.25) is 0 Å². The molecule has 0 fully saturated rings. The van der Waals surface area contributed by atoms with Crippen molar-refractivity contribution in [3.8, 4) is 5.75 Å². The first-order valence-electron chi connectivity index (χ1n) is 6.14. The number of ether oxygens (including phenoxy) is 1. The molecule has 0 saturated carbocycles. The Kier molecular flexibility index (Phi) is 3.18. The lowest BCUT2D eigenvalue weighted by molar-refractivity contribution is 0.0890. The van der Waals surface area contributed by atoms with E-state index in [1.165, 1.54) is 0 Å². The van der Waals surface area contributed by atoms with Gasteiger partial charge in [-0.2, -0.15) is 0 Å². The van der Waals surface area contributed by atoms with Gasteiger partial charge in [-0.3, -0.25) is 9.59 Å². The minimum Gasteiger partial charge on any atom is -0.496 e. The summed E-state index contributed by atoms with van der Waals surface area (Å²) in [6.45, 7) is 0. The highest BCUT2D eigenvalue weighted by molar-refractivity contribution is 9.10. The Bertz CT molecular complexity index is 686. The van der Waals surface area contributed by atoms with Crippen molar-refractivity contribution in [3.05, 3.63) is 63.6 Å². The molecule has 0 saturated heterocycles. The number of halogens is 1. The fourth-order valence-electron chi connectivity index (χ4n) is 2.51. The van der Waals surface area contributed by atoms with Crippen LogP contribution in [0.15, 0.2) is 46.9 Å². The number of methoxy groups -OCH3 is 1. The molecule has 0 aliphatic heterocycles. The van der Waals surface area contributed by atoms with Gasteiger partial charge in [-0.15, -0.1) is 0 Å². The predicted octanol–water partition coefficient (Wildman–Crippen LogP) is 3.62. The SMILES string of the molecule is COc1ccc(C2C(=O)c3ccccc3C2=O)cc1Br. The van der Waals surface area contributed by atoms with Crippen molar-refractivity contribution in [1.29, 1.82) is 0 Å². The molecule has 0 unspecified atom stereocenters. The average molecular weight is 331 g/mol.